The Hall–Kier alpha value is -0.850. The number of aliphatic hydroxyl groups is 6. The fourth-order valence-electron chi connectivity index (χ4n) is 5.96. The Balaban J connectivity index is 2.53. The monoisotopic (exact) mass is 647 g/mol. The Kier molecular flexibility index (Phi) is 25.4. The van der Waals surface area contributed by atoms with Gasteiger partial charge in [-0.15, -0.1) is 0 Å². The van der Waals surface area contributed by atoms with Gasteiger partial charge in [-0.2, -0.15) is 0 Å². The zero-order valence-corrected chi connectivity index (χ0v) is 28.5. The molecule has 1 heterocycles. The van der Waals surface area contributed by atoms with Crippen LogP contribution in [0.3, 0.4) is 0 Å². The molecule has 1 aliphatic heterocycles. The van der Waals surface area contributed by atoms with E-state index in [0.29, 0.717) is 6.42 Å². The normalized spacial score (nSPS) is 24.0. The summed E-state index contributed by atoms with van der Waals surface area (Å²) >= 11 is 0. The third kappa shape index (κ3) is 18.9. The fraction of sp³-hybridized carbons (Fsp3) is 0.971. The fourth-order valence-corrected chi connectivity index (χ4v) is 5.96. The largest absolute Gasteiger partial charge is 0.394 e. The van der Waals surface area contributed by atoms with Crippen molar-refractivity contribution in [2.24, 2.45) is 0 Å². The van der Waals surface area contributed by atoms with E-state index in [1.165, 1.54) is 77.0 Å². The summed E-state index contributed by atoms with van der Waals surface area (Å²) in [5, 5.41) is 64.5. The lowest BCUT2D eigenvalue weighted by Crippen LogP contribution is -2.60. The highest BCUT2D eigenvalue weighted by atomic mass is 16.7. The number of unbranched alkanes of at least 4 members (excludes halogenated alkanes) is 18. The van der Waals surface area contributed by atoms with Crippen molar-refractivity contribution >= 4 is 5.91 Å². The first-order chi connectivity index (χ1) is 21.8. The van der Waals surface area contributed by atoms with Gasteiger partial charge in [-0.3, -0.25) is 4.79 Å². The van der Waals surface area contributed by atoms with Gasteiger partial charge in [0.25, 0.3) is 0 Å². The summed E-state index contributed by atoms with van der Waals surface area (Å²) in [6, 6.07) is -0.980. The van der Waals surface area contributed by atoms with Crippen LogP contribution >= 0.6 is 0 Å². The van der Waals surface area contributed by atoms with Crippen molar-refractivity contribution in [3.05, 3.63) is 0 Å². The number of carbonyl (C=O) groups is 1. The highest BCUT2D eigenvalue weighted by Gasteiger charge is 2.44. The average Bonchev–Trinajstić information content (AvgIpc) is 3.04. The number of ether oxygens (including phenoxy) is 2. The summed E-state index contributed by atoms with van der Waals surface area (Å²) in [4.78, 5) is 12.8. The lowest BCUT2D eigenvalue weighted by Gasteiger charge is -2.40. The third-order valence-corrected chi connectivity index (χ3v) is 9.05. The van der Waals surface area contributed by atoms with Crippen LogP contribution in [0.5, 0.6) is 0 Å². The van der Waals surface area contributed by atoms with Crippen molar-refractivity contribution in [2.75, 3.05) is 13.2 Å². The molecule has 8 atom stereocenters. The molecule has 2 unspecified atom stereocenters. The van der Waals surface area contributed by atoms with E-state index in [0.717, 1.165) is 51.4 Å². The molecular formula is C35H69NO9. The van der Waals surface area contributed by atoms with Gasteiger partial charge >= 0.3 is 0 Å². The van der Waals surface area contributed by atoms with Gasteiger partial charge in [-0.05, 0) is 12.8 Å². The van der Waals surface area contributed by atoms with Gasteiger partial charge in [0.1, 0.15) is 30.5 Å². The average molecular weight is 648 g/mol. The highest BCUT2D eigenvalue weighted by Crippen LogP contribution is 2.23. The molecule has 0 aromatic heterocycles. The molecule has 7 N–H and O–H groups in total. The minimum atomic E-state index is -1.60. The summed E-state index contributed by atoms with van der Waals surface area (Å²) < 4.78 is 11.1. The molecule has 1 aliphatic rings. The van der Waals surface area contributed by atoms with Crippen LogP contribution in [0, 0.1) is 0 Å². The first kappa shape index (κ1) is 42.2. The molecule has 1 fully saturated rings. The minimum absolute atomic E-state index is 0.261. The van der Waals surface area contributed by atoms with E-state index in [1.54, 1.807) is 0 Å². The quantitative estimate of drug-likeness (QED) is 0.0572. The van der Waals surface area contributed by atoms with E-state index in [4.69, 9.17) is 9.47 Å². The van der Waals surface area contributed by atoms with Crippen molar-refractivity contribution in [3.8, 4) is 0 Å². The van der Waals surface area contributed by atoms with Gasteiger partial charge in [0, 0.05) is 6.42 Å². The van der Waals surface area contributed by atoms with E-state index in [9.17, 15) is 35.4 Å². The van der Waals surface area contributed by atoms with E-state index >= 15 is 0 Å². The third-order valence-electron chi connectivity index (χ3n) is 9.05. The van der Waals surface area contributed by atoms with Gasteiger partial charge in [0.05, 0.1) is 25.4 Å². The zero-order chi connectivity index (χ0) is 33.3. The summed E-state index contributed by atoms with van der Waals surface area (Å²) in [6.45, 7) is 3.53. The van der Waals surface area contributed by atoms with Crippen LogP contribution < -0.4 is 5.32 Å². The summed E-state index contributed by atoms with van der Waals surface area (Å²) in [6.07, 6.45) is 14.1. The molecule has 1 saturated heterocycles. The van der Waals surface area contributed by atoms with Gasteiger partial charge in [0.15, 0.2) is 6.29 Å². The van der Waals surface area contributed by atoms with Crippen molar-refractivity contribution in [2.45, 2.75) is 204 Å². The second-order valence-electron chi connectivity index (χ2n) is 13.2. The molecular weight excluding hydrogens is 578 g/mol. The van der Waals surface area contributed by atoms with Gasteiger partial charge < -0.3 is 45.4 Å². The molecule has 10 heteroatoms. The van der Waals surface area contributed by atoms with E-state index in [1.807, 2.05) is 0 Å². The molecule has 0 aromatic carbocycles. The molecule has 0 bridgehead atoms. The maximum atomic E-state index is 12.8. The number of carbonyl (C=O) groups excluding carboxylic acids is 1. The number of nitrogens with one attached hydrogen (secondary N) is 1. The zero-order valence-electron chi connectivity index (χ0n) is 28.5. The number of aliphatic hydroxyl groups excluding tert-OH is 6. The van der Waals surface area contributed by atoms with Crippen LogP contribution in [0.1, 0.15) is 155 Å². The topological polar surface area (TPSA) is 169 Å². The van der Waals surface area contributed by atoms with E-state index in [2.05, 4.69) is 19.2 Å². The molecule has 0 aromatic rings. The van der Waals surface area contributed by atoms with Crippen LogP contribution in [0.2, 0.25) is 0 Å². The molecule has 45 heavy (non-hydrogen) atoms. The lowest BCUT2D eigenvalue weighted by molar-refractivity contribution is -0.303. The predicted octanol–water partition coefficient (Wildman–Crippen LogP) is 4.63. The van der Waals surface area contributed by atoms with Gasteiger partial charge in [0.2, 0.25) is 5.91 Å². The smallest absolute Gasteiger partial charge is 0.220 e. The number of hydrogen-bond acceptors (Lipinski definition) is 9. The van der Waals surface area contributed by atoms with Crippen LogP contribution in [-0.4, -0.2) is 98.7 Å². The maximum absolute atomic E-state index is 12.8. The molecule has 0 saturated carbocycles. The molecule has 1 amide bonds. The van der Waals surface area contributed by atoms with Crippen LogP contribution in [0.4, 0.5) is 0 Å². The first-order valence-electron chi connectivity index (χ1n) is 18.3. The molecule has 0 radical (unpaired) electrons. The van der Waals surface area contributed by atoms with Crippen LogP contribution in [0.25, 0.3) is 0 Å². The van der Waals surface area contributed by atoms with Gasteiger partial charge in [-0.1, -0.05) is 136 Å². The summed E-state index contributed by atoms with van der Waals surface area (Å²) in [5.74, 6) is -0.261. The molecule has 268 valence electrons. The summed E-state index contributed by atoms with van der Waals surface area (Å²) in [7, 11) is 0. The standard InChI is InChI=1S/C35H69NO9/c1-3-5-7-9-11-13-14-16-18-20-22-24-30(39)36-27(26-44-35-34(43)33(42)32(41)29(25-37)45-35)31(40)28(38)23-21-19-17-15-12-10-8-6-4-2/h27-29,31-35,37-38,40-43H,3-26H2,1-2H3,(H,36,39)/t27-,28+,29+,31-,32-,33?,34?,35+/m0/s1. The molecule has 1 rings (SSSR count). The Labute approximate surface area is 273 Å². The summed E-state index contributed by atoms with van der Waals surface area (Å²) in [5.41, 5.74) is 0. The van der Waals surface area contributed by atoms with E-state index in [-0.39, 0.29) is 18.9 Å². The lowest BCUT2D eigenvalue weighted by atomic mass is 9.98. The molecule has 0 aliphatic carbocycles. The Morgan fingerprint density at radius 3 is 1.64 bits per heavy atom. The predicted molar refractivity (Wildman–Crippen MR) is 177 cm³/mol. The Bertz CT molecular complexity index is 698. The Morgan fingerprint density at radius 1 is 0.689 bits per heavy atom. The van der Waals surface area contributed by atoms with Gasteiger partial charge in [-0.25, -0.2) is 0 Å². The SMILES string of the molecule is CCCCCCCCCCCCCC(=O)N[C@@H](CO[C@@H]1O[C@H](CO)[C@H](O)C(O)C1O)[C@H](O)[C@H](O)CCCCCCCCCCC. The van der Waals surface area contributed by atoms with Crippen molar-refractivity contribution < 1.29 is 44.9 Å². The maximum Gasteiger partial charge on any atom is 0.220 e. The second kappa shape index (κ2) is 27.1. The highest BCUT2D eigenvalue weighted by molar-refractivity contribution is 5.76. The number of amides is 1. The number of hydrogen-bond donors (Lipinski definition) is 7. The number of rotatable bonds is 29. The van der Waals surface area contributed by atoms with Crippen molar-refractivity contribution in [1.82, 2.24) is 5.32 Å². The minimum Gasteiger partial charge on any atom is -0.394 e. The van der Waals surface area contributed by atoms with E-state index < -0.39 is 55.6 Å². The Morgan fingerprint density at radius 2 is 1.16 bits per heavy atom. The first-order valence-corrected chi connectivity index (χ1v) is 18.3. The molecule has 10 nitrogen and oxygen atoms in total. The second-order valence-corrected chi connectivity index (χ2v) is 13.2. The van der Waals surface area contributed by atoms with Crippen LogP contribution in [-0.2, 0) is 14.3 Å². The van der Waals surface area contributed by atoms with Crippen LogP contribution in [0.15, 0.2) is 0 Å². The van der Waals surface area contributed by atoms with Crippen molar-refractivity contribution in [1.29, 1.82) is 0 Å². The van der Waals surface area contributed by atoms with Crippen molar-refractivity contribution in [3.63, 3.8) is 0 Å². The molecule has 0 spiro atoms.